The van der Waals surface area contributed by atoms with Crippen molar-refractivity contribution in [2.24, 2.45) is 5.84 Å². The van der Waals surface area contributed by atoms with Crippen LogP contribution in [0.5, 0.6) is 0 Å². The van der Waals surface area contributed by atoms with Crippen LogP contribution in [0.2, 0.25) is 5.02 Å². The van der Waals surface area contributed by atoms with Gasteiger partial charge < -0.3 is 0 Å². The van der Waals surface area contributed by atoms with E-state index in [0.717, 1.165) is 26.1 Å². The van der Waals surface area contributed by atoms with Gasteiger partial charge in [0.15, 0.2) is 0 Å². The summed E-state index contributed by atoms with van der Waals surface area (Å²) in [6, 6.07) is 9.61. The summed E-state index contributed by atoms with van der Waals surface area (Å²) < 4.78 is 0. The van der Waals surface area contributed by atoms with Crippen LogP contribution in [0.3, 0.4) is 0 Å². The third-order valence-corrected chi connectivity index (χ3v) is 5.25. The number of nitrogens with one attached hydrogen (secondary N) is 1. The molecule has 3 N–H and O–H groups in total. The van der Waals surface area contributed by atoms with E-state index in [4.69, 9.17) is 17.4 Å². The van der Waals surface area contributed by atoms with E-state index in [0.29, 0.717) is 4.88 Å². The Morgan fingerprint density at radius 1 is 1.47 bits per heavy atom. The molecule has 0 atom stereocenters. The van der Waals surface area contributed by atoms with Crippen LogP contribution >= 0.6 is 34.7 Å². The van der Waals surface area contributed by atoms with Gasteiger partial charge in [0.2, 0.25) is 0 Å². The van der Waals surface area contributed by atoms with Crippen molar-refractivity contribution in [3.8, 4) is 0 Å². The maximum absolute atomic E-state index is 11.5. The molecule has 1 amide bonds. The standard InChI is InChI=1S/C13H13ClN2OS2/c1-8-9(6-12(19-8)13(17)16-15)7-18-11-5-3-2-4-10(11)14/h2-6H,7,15H2,1H3,(H,16,17). The van der Waals surface area contributed by atoms with Gasteiger partial charge in [0, 0.05) is 15.5 Å². The predicted molar refractivity (Wildman–Crippen MR) is 81.7 cm³/mol. The highest BCUT2D eigenvalue weighted by molar-refractivity contribution is 7.98. The summed E-state index contributed by atoms with van der Waals surface area (Å²) in [7, 11) is 0. The summed E-state index contributed by atoms with van der Waals surface area (Å²) in [6.07, 6.45) is 0. The number of nitrogens with two attached hydrogens (primary N) is 1. The van der Waals surface area contributed by atoms with Crippen LogP contribution in [0.1, 0.15) is 20.1 Å². The molecule has 2 rings (SSSR count). The number of carbonyl (C=O) groups is 1. The lowest BCUT2D eigenvalue weighted by Crippen LogP contribution is -2.29. The van der Waals surface area contributed by atoms with Crippen molar-refractivity contribution >= 4 is 40.6 Å². The smallest absolute Gasteiger partial charge is 0.275 e. The Morgan fingerprint density at radius 2 is 2.21 bits per heavy atom. The zero-order chi connectivity index (χ0) is 13.8. The lowest BCUT2D eigenvalue weighted by Gasteiger charge is -2.03. The third-order valence-electron chi connectivity index (χ3n) is 2.60. The van der Waals surface area contributed by atoms with E-state index in [1.165, 1.54) is 11.3 Å². The molecule has 19 heavy (non-hydrogen) atoms. The van der Waals surface area contributed by atoms with Crippen molar-refractivity contribution in [1.29, 1.82) is 0 Å². The second-order valence-electron chi connectivity index (χ2n) is 3.88. The summed E-state index contributed by atoms with van der Waals surface area (Å²) in [5.74, 6) is 5.67. The summed E-state index contributed by atoms with van der Waals surface area (Å²) in [4.78, 5) is 14.3. The first-order valence-corrected chi connectivity index (χ1v) is 7.77. The van der Waals surface area contributed by atoms with Crippen LogP contribution in [-0.2, 0) is 5.75 Å². The molecular weight excluding hydrogens is 300 g/mol. The minimum Gasteiger partial charge on any atom is -0.289 e. The molecule has 0 saturated carbocycles. The summed E-state index contributed by atoms with van der Waals surface area (Å²) >= 11 is 9.22. The zero-order valence-corrected chi connectivity index (χ0v) is 12.7. The number of thiophene rings is 1. The summed E-state index contributed by atoms with van der Waals surface area (Å²) in [6.45, 7) is 2.00. The Hall–Kier alpha value is -1.01. The van der Waals surface area contributed by atoms with Crippen molar-refractivity contribution in [2.75, 3.05) is 0 Å². The molecule has 1 heterocycles. The first kappa shape index (κ1) is 14.4. The van der Waals surface area contributed by atoms with Gasteiger partial charge in [-0.15, -0.1) is 23.1 Å². The van der Waals surface area contributed by atoms with Crippen LogP contribution < -0.4 is 11.3 Å². The minimum atomic E-state index is -0.248. The van der Waals surface area contributed by atoms with Crippen molar-refractivity contribution in [3.05, 3.63) is 50.7 Å². The van der Waals surface area contributed by atoms with Gasteiger partial charge in [0.25, 0.3) is 5.91 Å². The van der Waals surface area contributed by atoms with E-state index in [-0.39, 0.29) is 5.91 Å². The molecule has 6 heteroatoms. The van der Waals surface area contributed by atoms with E-state index < -0.39 is 0 Å². The molecule has 1 aromatic heterocycles. The Morgan fingerprint density at radius 3 is 2.89 bits per heavy atom. The number of hydrogen-bond donors (Lipinski definition) is 2. The monoisotopic (exact) mass is 312 g/mol. The van der Waals surface area contributed by atoms with Gasteiger partial charge in [0.1, 0.15) is 0 Å². The van der Waals surface area contributed by atoms with E-state index >= 15 is 0 Å². The molecule has 1 aromatic carbocycles. The molecule has 100 valence electrons. The molecule has 0 aliphatic rings. The molecule has 0 spiro atoms. The average molecular weight is 313 g/mol. The number of hydrazine groups is 1. The number of nitrogen functional groups attached to an aromatic ring is 1. The zero-order valence-electron chi connectivity index (χ0n) is 10.3. The molecule has 0 fully saturated rings. The van der Waals surface area contributed by atoms with Crippen LogP contribution in [-0.4, -0.2) is 5.91 Å². The highest BCUT2D eigenvalue weighted by atomic mass is 35.5. The van der Waals surface area contributed by atoms with Gasteiger partial charge in [-0.3, -0.25) is 10.2 Å². The summed E-state index contributed by atoms with van der Waals surface area (Å²) in [5, 5.41) is 0.750. The second kappa shape index (κ2) is 6.43. The van der Waals surface area contributed by atoms with Crippen LogP contribution in [0, 0.1) is 6.92 Å². The fourth-order valence-corrected chi connectivity index (χ4v) is 3.89. The lowest BCUT2D eigenvalue weighted by atomic mass is 10.3. The Labute approximate surface area is 125 Å². The molecule has 0 saturated heterocycles. The number of rotatable bonds is 4. The molecule has 2 aromatic rings. The highest BCUT2D eigenvalue weighted by Gasteiger charge is 2.12. The van der Waals surface area contributed by atoms with Crippen LogP contribution in [0.15, 0.2) is 35.2 Å². The number of thioether (sulfide) groups is 1. The van der Waals surface area contributed by atoms with E-state index in [1.54, 1.807) is 11.8 Å². The normalized spacial score (nSPS) is 10.5. The molecule has 0 aliphatic heterocycles. The fourth-order valence-electron chi connectivity index (χ4n) is 1.56. The first-order chi connectivity index (χ1) is 9.11. The number of hydrogen-bond acceptors (Lipinski definition) is 4. The maximum atomic E-state index is 11.5. The molecule has 0 unspecified atom stereocenters. The van der Waals surface area contributed by atoms with E-state index in [2.05, 4.69) is 5.43 Å². The third kappa shape index (κ3) is 3.51. The quantitative estimate of drug-likeness (QED) is 0.392. The largest absolute Gasteiger partial charge is 0.289 e. The van der Waals surface area contributed by atoms with Crippen molar-refractivity contribution in [1.82, 2.24) is 5.43 Å². The fraction of sp³-hybridized carbons (Fsp3) is 0.154. The number of aryl methyl sites for hydroxylation is 1. The van der Waals surface area contributed by atoms with Gasteiger partial charge >= 0.3 is 0 Å². The van der Waals surface area contributed by atoms with Gasteiger partial charge in [-0.25, -0.2) is 5.84 Å². The molecular formula is C13H13ClN2OS2. The van der Waals surface area contributed by atoms with Crippen molar-refractivity contribution in [2.45, 2.75) is 17.6 Å². The van der Waals surface area contributed by atoms with Gasteiger partial charge in [-0.1, -0.05) is 23.7 Å². The predicted octanol–water partition coefficient (Wildman–Crippen LogP) is 3.61. The first-order valence-electron chi connectivity index (χ1n) is 5.59. The maximum Gasteiger partial charge on any atom is 0.275 e. The number of halogens is 1. The van der Waals surface area contributed by atoms with Crippen molar-refractivity contribution in [3.63, 3.8) is 0 Å². The Balaban J connectivity index is 2.10. The van der Waals surface area contributed by atoms with Gasteiger partial charge in [-0.05, 0) is 30.7 Å². The van der Waals surface area contributed by atoms with Gasteiger partial charge in [0.05, 0.1) is 9.90 Å². The van der Waals surface area contributed by atoms with E-state index in [1.807, 2.05) is 37.3 Å². The number of benzene rings is 1. The van der Waals surface area contributed by atoms with Crippen LogP contribution in [0.4, 0.5) is 0 Å². The lowest BCUT2D eigenvalue weighted by molar-refractivity contribution is 0.0957. The van der Waals surface area contributed by atoms with Gasteiger partial charge in [-0.2, -0.15) is 0 Å². The topological polar surface area (TPSA) is 55.1 Å². The Kier molecular flexibility index (Phi) is 4.87. The molecule has 0 aliphatic carbocycles. The second-order valence-corrected chi connectivity index (χ2v) is 6.57. The Bertz CT molecular complexity index is 598. The van der Waals surface area contributed by atoms with E-state index in [9.17, 15) is 4.79 Å². The summed E-state index contributed by atoms with van der Waals surface area (Å²) in [5.41, 5.74) is 3.28. The number of amides is 1. The van der Waals surface area contributed by atoms with Crippen LogP contribution in [0.25, 0.3) is 0 Å². The van der Waals surface area contributed by atoms with Crippen molar-refractivity contribution < 1.29 is 4.79 Å². The minimum absolute atomic E-state index is 0.248. The SMILES string of the molecule is Cc1sc(C(=O)NN)cc1CSc1ccccc1Cl. The number of carbonyl (C=O) groups excluding carboxylic acids is 1. The highest BCUT2D eigenvalue weighted by Crippen LogP contribution is 2.32. The molecule has 0 bridgehead atoms. The molecule has 3 nitrogen and oxygen atoms in total. The molecule has 0 radical (unpaired) electrons. The average Bonchev–Trinajstić information content (AvgIpc) is 2.78.